The van der Waals surface area contributed by atoms with Gasteiger partial charge < -0.3 is 29.7 Å². The summed E-state index contributed by atoms with van der Waals surface area (Å²) in [5, 5.41) is 4.79. The lowest BCUT2D eigenvalue weighted by Gasteiger charge is -2.30. The van der Waals surface area contributed by atoms with Crippen molar-refractivity contribution in [3.63, 3.8) is 0 Å². The van der Waals surface area contributed by atoms with Gasteiger partial charge in [-0.1, -0.05) is 31.4 Å². The largest absolute Gasteiger partial charge is 0.460 e. The maximum absolute atomic E-state index is 14.2. The summed E-state index contributed by atoms with van der Waals surface area (Å²) in [4.78, 5) is 68.8. The van der Waals surface area contributed by atoms with Crippen LogP contribution in [0.15, 0.2) is 12.2 Å². The van der Waals surface area contributed by atoms with E-state index >= 15 is 0 Å². The number of ether oxygens (including phenoxy) is 3. The molecular weight excluding hydrogens is 644 g/mol. The van der Waals surface area contributed by atoms with Crippen molar-refractivity contribution in [1.82, 2.24) is 20.3 Å². The normalized spacial score (nSPS) is 31.2. The summed E-state index contributed by atoms with van der Waals surface area (Å²) in [7, 11) is -3.90. The van der Waals surface area contributed by atoms with Crippen molar-refractivity contribution < 1.29 is 46.6 Å². The highest BCUT2D eigenvalue weighted by Crippen LogP contribution is 2.46. The van der Waals surface area contributed by atoms with Gasteiger partial charge in [0.25, 0.3) is 5.91 Å². The minimum Gasteiger partial charge on any atom is -0.460 e. The number of rotatable bonds is 7. The first-order chi connectivity index (χ1) is 22.7. The van der Waals surface area contributed by atoms with Crippen LogP contribution in [0, 0.1) is 11.8 Å². The number of hydrogen-bond donors (Lipinski definition) is 3. The summed E-state index contributed by atoms with van der Waals surface area (Å²) in [6.07, 6.45) is 8.94. The Morgan fingerprint density at radius 2 is 1.79 bits per heavy atom. The van der Waals surface area contributed by atoms with Gasteiger partial charge in [-0.25, -0.2) is 13.2 Å². The van der Waals surface area contributed by atoms with Gasteiger partial charge in [-0.05, 0) is 71.6 Å². The molecule has 3 unspecified atom stereocenters. The van der Waals surface area contributed by atoms with Crippen LogP contribution < -0.4 is 15.4 Å². The molecule has 0 bridgehead atoms. The topological polar surface area (TPSA) is 187 Å². The van der Waals surface area contributed by atoms with Gasteiger partial charge in [-0.2, -0.15) is 0 Å². The lowest BCUT2D eigenvalue weighted by Crippen LogP contribution is -2.58. The van der Waals surface area contributed by atoms with Crippen LogP contribution in [0.1, 0.15) is 97.8 Å². The van der Waals surface area contributed by atoms with E-state index in [0.29, 0.717) is 19.3 Å². The lowest BCUT2D eigenvalue weighted by atomic mass is 9.87. The highest BCUT2D eigenvalue weighted by Gasteiger charge is 2.62. The molecule has 3 N–H and O–H groups in total. The van der Waals surface area contributed by atoms with Crippen LogP contribution in [0.25, 0.3) is 0 Å². The van der Waals surface area contributed by atoms with E-state index in [-0.39, 0.29) is 51.4 Å². The quantitative estimate of drug-likeness (QED) is 0.264. The average molecular weight is 695 g/mol. The van der Waals surface area contributed by atoms with Crippen LogP contribution in [0.3, 0.4) is 0 Å². The van der Waals surface area contributed by atoms with Gasteiger partial charge in [0, 0.05) is 25.4 Å². The molecule has 0 spiro atoms. The van der Waals surface area contributed by atoms with Crippen LogP contribution in [0.5, 0.6) is 0 Å². The molecule has 0 aromatic rings. The molecule has 4 amide bonds. The van der Waals surface area contributed by atoms with Crippen molar-refractivity contribution >= 4 is 39.8 Å². The van der Waals surface area contributed by atoms with E-state index in [4.69, 9.17) is 14.2 Å². The first kappa shape index (κ1) is 36.1. The Labute approximate surface area is 282 Å². The summed E-state index contributed by atoms with van der Waals surface area (Å²) < 4.78 is 44.5. The molecule has 0 radical (unpaired) electrons. The zero-order chi connectivity index (χ0) is 34.7. The minimum atomic E-state index is -3.90. The number of sulfonamides is 1. The minimum absolute atomic E-state index is 0.0190. The number of hydrogen-bond acceptors (Lipinski definition) is 10. The zero-order valence-corrected chi connectivity index (χ0v) is 29.0. The van der Waals surface area contributed by atoms with E-state index in [9.17, 15) is 32.4 Å². The summed E-state index contributed by atoms with van der Waals surface area (Å²) in [5.74, 6) is -2.73. The van der Waals surface area contributed by atoms with E-state index in [1.165, 1.54) is 4.90 Å². The SMILES string of the molecule is CC(C)(C)OC(=O)N[C@@H]1CCCOC/C=C\C2CC2(C(=O)NS(=O)(=O)C2CC2)NC(=O)C2C[C@@H](OC(=O)CC3CCCCC3)CN2C1=O. The van der Waals surface area contributed by atoms with Crippen LogP contribution >= 0.6 is 0 Å². The van der Waals surface area contributed by atoms with E-state index in [0.717, 1.165) is 32.1 Å². The van der Waals surface area contributed by atoms with Crippen LogP contribution in [-0.4, -0.2) is 97.4 Å². The Hall–Kier alpha value is -3.20. The van der Waals surface area contributed by atoms with Crippen molar-refractivity contribution in [2.45, 2.75) is 132 Å². The molecule has 5 atom stereocenters. The van der Waals surface area contributed by atoms with Crippen LogP contribution in [-0.2, 0) is 43.4 Å². The Bertz CT molecular complexity index is 1380. The standard InChI is InChI=1S/C33H50N4O10S/c1-32(2,3)47-31(42)34-25-12-8-16-45-15-7-11-22-19-33(22,30(41)36-48(43,44)24-13-14-24)35-28(39)26-18-23(20-37(26)29(25)40)46-27(38)17-21-9-5-4-6-10-21/h7,11,21-26H,4-6,8-10,12-20H2,1-3H3,(H,34,42)(H,35,39)(H,36,41)/b11-7-/t22?,23-,25-,26?,33?/m1/s1. The fourth-order valence-electron chi connectivity index (χ4n) is 6.87. The molecule has 0 aromatic heterocycles. The Morgan fingerprint density at radius 3 is 2.48 bits per heavy atom. The second-order valence-electron chi connectivity index (χ2n) is 14.9. The van der Waals surface area contributed by atoms with Crippen molar-refractivity contribution in [2.24, 2.45) is 11.8 Å². The second-order valence-corrected chi connectivity index (χ2v) is 16.8. The van der Waals surface area contributed by atoms with Crippen LogP contribution in [0.2, 0.25) is 0 Å². The van der Waals surface area contributed by atoms with Crippen molar-refractivity contribution in [3.05, 3.63) is 12.2 Å². The highest BCUT2D eigenvalue weighted by atomic mass is 32.2. The van der Waals surface area contributed by atoms with Crippen molar-refractivity contribution in [3.8, 4) is 0 Å². The monoisotopic (exact) mass is 694 g/mol. The molecule has 2 heterocycles. The highest BCUT2D eigenvalue weighted by molar-refractivity contribution is 7.91. The maximum Gasteiger partial charge on any atom is 0.408 e. The van der Waals surface area contributed by atoms with E-state index in [1.54, 1.807) is 32.9 Å². The molecule has 48 heavy (non-hydrogen) atoms. The molecule has 5 aliphatic rings. The van der Waals surface area contributed by atoms with Gasteiger partial charge in [-0.15, -0.1) is 0 Å². The fraction of sp³-hybridized carbons (Fsp3) is 0.788. The second kappa shape index (κ2) is 14.7. The smallest absolute Gasteiger partial charge is 0.408 e. The van der Waals surface area contributed by atoms with Crippen molar-refractivity contribution in [2.75, 3.05) is 19.8 Å². The first-order valence-corrected chi connectivity index (χ1v) is 18.8. The number of carbonyl (C=O) groups is 5. The Balaban J connectivity index is 1.38. The molecule has 4 fully saturated rings. The van der Waals surface area contributed by atoms with Gasteiger partial charge in [-0.3, -0.25) is 23.9 Å². The number of alkyl carbamates (subject to hydrolysis) is 1. The molecule has 3 aliphatic carbocycles. The average Bonchev–Trinajstić information content (AvgIpc) is 3.92. The molecule has 15 heteroatoms. The van der Waals surface area contributed by atoms with Crippen LogP contribution in [0.4, 0.5) is 4.79 Å². The maximum atomic E-state index is 14.2. The third-order valence-electron chi connectivity index (χ3n) is 9.64. The fourth-order valence-corrected chi connectivity index (χ4v) is 8.23. The summed E-state index contributed by atoms with van der Waals surface area (Å²) in [5.41, 5.74) is -2.37. The third-order valence-corrected chi connectivity index (χ3v) is 11.5. The number of carbonyl (C=O) groups excluding carboxylic acids is 5. The molecule has 3 saturated carbocycles. The predicted molar refractivity (Wildman–Crippen MR) is 173 cm³/mol. The van der Waals surface area contributed by atoms with Gasteiger partial charge in [0.05, 0.1) is 18.4 Å². The summed E-state index contributed by atoms with van der Waals surface area (Å²) in [6, 6.07) is -2.23. The predicted octanol–water partition coefficient (Wildman–Crippen LogP) is 2.21. The zero-order valence-electron chi connectivity index (χ0n) is 28.2. The summed E-state index contributed by atoms with van der Waals surface area (Å²) >= 11 is 0. The number of fused-ring (bicyclic) bond motifs is 2. The molecule has 2 aliphatic heterocycles. The van der Waals surface area contributed by atoms with Gasteiger partial charge in [0.15, 0.2) is 0 Å². The lowest BCUT2D eigenvalue weighted by molar-refractivity contribution is -0.150. The van der Waals surface area contributed by atoms with E-state index in [2.05, 4.69) is 15.4 Å². The molecule has 5 rings (SSSR count). The Morgan fingerprint density at radius 1 is 1.06 bits per heavy atom. The molecule has 268 valence electrons. The number of amides is 4. The Kier molecular flexibility index (Phi) is 11.1. The van der Waals surface area contributed by atoms with Gasteiger partial charge >= 0.3 is 12.1 Å². The number of nitrogens with one attached hydrogen (secondary N) is 3. The molecule has 1 saturated heterocycles. The first-order valence-electron chi connectivity index (χ1n) is 17.3. The van der Waals surface area contributed by atoms with Crippen molar-refractivity contribution in [1.29, 1.82) is 0 Å². The molecular formula is C33H50N4O10S. The summed E-state index contributed by atoms with van der Waals surface area (Å²) in [6.45, 7) is 5.48. The number of esters is 1. The molecule has 0 aromatic carbocycles. The number of nitrogens with zero attached hydrogens (tertiary/aromatic N) is 1. The molecule has 14 nitrogen and oxygen atoms in total. The van der Waals surface area contributed by atoms with Gasteiger partial charge in [0.2, 0.25) is 21.8 Å². The third kappa shape index (κ3) is 9.27. The van der Waals surface area contributed by atoms with E-state index < -0.39 is 80.3 Å². The van der Waals surface area contributed by atoms with E-state index in [1.807, 2.05) is 0 Å². The van der Waals surface area contributed by atoms with Gasteiger partial charge in [0.1, 0.15) is 29.3 Å².